The van der Waals surface area contributed by atoms with Gasteiger partial charge in [0.05, 0.1) is 13.1 Å². The summed E-state index contributed by atoms with van der Waals surface area (Å²) in [4.78, 5) is 33.4. The Balaban J connectivity index is 1.08. The fourth-order valence-electron chi connectivity index (χ4n) is 6.69. The number of fused-ring (bicyclic) bond motifs is 3. The Morgan fingerprint density at radius 3 is 2.33 bits per heavy atom. The van der Waals surface area contributed by atoms with Crippen LogP contribution in [0.4, 0.5) is 5.69 Å². The van der Waals surface area contributed by atoms with Gasteiger partial charge < -0.3 is 15.1 Å². The molecule has 1 N–H and O–H groups in total. The highest BCUT2D eigenvalue weighted by Gasteiger charge is 2.36. The Bertz CT molecular complexity index is 1300. The first kappa shape index (κ1) is 26.7. The van der Waals surface area contributed by atoms with E-state index < -0.39 is 0 Å². The zero-order valence-corrected chi connectivity index (χ0v) is 23.3. The largest absolute Gasteiger partial charge is 0.351 e. The van der Waals surface area contributed by atoms with Crippen LogP contribution in [0.15, 0.2) is 78.9 Å². The summed E-state index contributed by atoms with van der Waals surface area (Å²) < 4.78 is 0. The van der Waals surface area contributed by atoms with Crippen LogP contribution in [0.3, 0.4) is 0 Å². The van der Waals surface area contributed by atoms with Crippen molar-refractivity contribution >= 4 is 17.5 Å². The number of hydrogen-bond donors (Lipinski definition) is 1. The fraction of sp³-hybridized carbons (Fsp3) is 0.412. The lowest BCUT2D eigenvalue weighted by atomic mass is 9.90. The maximum Gasteiger partial charge on any atom is 0.251 e. The number of piperidine rings is 1. The number of amides is 2. The molecule has 3 aliphatic heterocycles. The van der Waals surface area contributed by atoms with Crippen molar-refractivity contribution in [1.29, 1.82) is 0 Å². The van der Waals surface area contributed by atoms with Gasteiger partial charge in [-0.15, -0.1) is 0 Å². The van der Waals surface area contributed by atoms with Crippen LogP contribution in [-0.4, -0.2) is 60.9 Å². The van der Waals surface area contributed by atoms with Gasteiger partial charge in [-0.3, -0.25) is 14.5 Å². The molecule has 1 atom stereocenters. The zero-order chi connectivity index (χ0) is 27.3. The molecule has 6 heteroatoms. The summed E-state index contributed by atoms with van der Waals surface area (Å²) in [5.41, 5.74) is 5.19. The van der Waals surface area contributed by atoms with E-state index in [1.165, 1.54) is 18.4 Å². The molecule has 0 aliphatic carbocycles. The summed E-state index contributed by atoms with van der Waals surface area (Å²) >= 11 is 0. The van der Waals surface area contributed by atoms with Crippen molar-refractivity contribution < 1.29 is 9.59 Å². The van der Waals surface area contributed by atoms with Crippen LogP contribution in [0.1, 0.15) is 58.8 Å². The molecule has 2 amide bonds. The molecular formula is C34H40N4O2. The number of nitrogens with one attached hydrogen (secondary N) is 1. The first-order valence-electron chi connectivity index (χ1n) is 14.9. The van der Waals surface area contributed by atoms with E-state index in [0.717, 1.165) is 68.2 Å². The standard InChI is InChI=1S/C34H40N4O2/c39-33-25-37-18-7-12-31(37)30-14-13-29(23-32(30)38(33)24-28-10-5-2-6-11-28)34(40)35-17-21-36-19-15-27(16-20-36)22-26-8-3-1-4-9-26/h1-6,8-11,13-14,23,27,31H,7,12,15-22,24-25H2,(H,35,40). The molecule has 0 radical (unpaired) electrons. The highest BCUT2D eigenvalue weighted by molar-refractivity contribution is 6.00. The molecule has 208 valence electrons. The molecule has 0 bridgehead atoms. The average molecular weight is 537 g/mol. The van der Waals surface area contributed by atoms with Crippen LogP contribution in [-0.2, 0) is 17.8 Å². The van der Waals surface area contributed by atoms with Gasteiger partial charge in [-0.2, -0.15) is 0 Å². The Kier molecular flexibility index (Phi) is 8.26. The van der Waals surface area contributed by atoms with Crippen molar-refractivity contribution in [1.82, 2.24) is 15.1 Å². The Morgan fingerprint density at radius 1 is 0.850 bits per heavy atom. The second-order valence-corrected chi connectivity index (χ2v) is 11.6. The van der Waals surface area contributed by atoms with E-state index >= 15 is 0 Å². The van der Waals surface area contributed by atoms with Crippen molar-refractivity contribution in [2.75, 3.05) is 44.2 Å². The van der Waals surface area contributed by atoms with Crippen molar-refractivity contribution in [2.45, 2.75) is 44.7 Å². The first-order chi connectivity index (χ1) is 19.6. The summed E-state index contributed by atoms with van der Waals surface area (Å²) in [5.74, 6) is 0.772. The maximum atomic E-state index is 13.5. The number of carbonyl (C=O) groups excluding carboxylic acids is 2. The van der Waals surface area contributed by atoms with E-state index in [1.807, 2.05) is 35.2 Å². The van der Waals surface area contributed by atoms with Crippen molar-refractivity contribution in [3.05, 3.63) is 101 Å². The molecule has 0 saturated carbocycles. The normalized spacial score (nSPS) is 20.1. The van der Waals surface area contributed by atoms with Crippen LogP contribution in [0, 0.1) is 5.92 Å². The molecule has 2 saturated heterocycles. The Morgan fingerprint density at radius 2 is 1.57 bits per heavy atom. The second-order valence-electron chi connectivity index (χ2n) is 11.6. The summed E-state index contributed by atoms with van der Waals surface area (Å²) in [6.45, 7) is 5.54. The number of likely N-dealkylation sites (tertiary alicyclic amines) is 1. The van der Waals surface area contributed by atoms with Gasteiger partial charge in [0.2, 0.25) is 5.91 Å². The molecule has 1 unspecified atom stereocenters. The van der Waals surface area contributed by atoms with Crippen LogP contribution >= 0.6 is 0 Å². The van der Waals surface area contributed by atoms with Crippen molar-refractivity contribution in [2.24, 2.45) is 5.92 Å². The predicted octanol–water partition coefficient (Wildman–Crippen LogP) is 5.05. The lowest BCUT2D eigenvalue weighted by molar-refractivity contribution is -0.119. The molecule has 6 rings (SSSR count). The van der Waals surface area contributed by atoms with Crippen LogP contribution in [0.5, 0.6) is 0 Å². The highest BCUT2D eigenvalue weighted by Crippen LogP contribution is 2.40. The molecule has 3 aliphatic rings. The molecule has 0 aromatic heterocycles. The van der Waals surface area contributed by atoms with Gasteiger partial charge in [-0.1, -0.05) is 66.7 Å². The number of benzene rings is 3. The predicted molar refractivity (Wildman–Crippen MR) is 159 cm³/mol. The Hall–Kier alpha value is -3.48. The van der Waals surface area contributed by atoms with Crippen LogP contribution < -0.4 is 10.2 Å². The SMILES string of the molecule is O=C(NCCN1CCC(Cc2ccccc2)CC1)c1ccc2c(c1)N(Cc1ccccc1)C(=O)CN1CCCC21. The highest BCUT2D eigenvalue weighted by atomic mass is 16.2. The smallest absolute Gasteiger partial charge is 0.251 e. The van der Waals surface area contributed by atoms with Gasteiger partial charge >= 0.3 is 0 Å². The van der Waals surface area contributed by atoms with Crippen molar-refractivity contribution in [3.8, 4) is 0 Å². The number of hydrogen-bond acceptors (Lipinski definition) is 4. The molecule has 40 heavy (non-hydrogen) atoms. The monoisotopic (exact) mass is 536 g/mol. The van der Waals surface area contributed by atoms with Gasteiger partial charge in [-0.05, 0) is 86.5 Å². The molecule has 0 spiro atoms. The summed E-state index contributed by atoms with van der Waals surface area (Å²) in [6.07, 6.45) is 5.72. The third-order valence-corrected chi connectivity index (χ3v) is 8.92. The minimum absolute atomic E-state index is 0.0681. The first-order valence-corrected chi connectivity index (χ1v) is 14.9. The van der Waals surface area contributed by atoms with Crippen molar-refractivity contribution in [3.63, 3.8) is 0 Å². The van der Waals surface area contributed by atoms with Gasteiger partial charge in [0.25, 0.3) is 5.91 Å². The molecule has 6 nitrogen and oxygen atoms in total. The number of rotatable bonds is 8. The minimum Gasteiger partial charge on any atom is -0.351 e. The number of carbonyl (C=O) groups is 2. The van der Waals surface area contributed by atoms with Gasteiger partial charge in [0.15, 0.2) is 0 Å². The zero-order valence-electron chi connectivity index (χ0n) is 23.3. The quantitative estimate of drug-likeness (QED) is 0.438. The minimum atomic E-state index is -0.0681. The molecular weight excluding hydrogens is 496 g/mol. The molecule has 3 aromatic rings. The fourth-order valence-corrected chi connectivity index (χ4v) is 6.69. The molecule has 3 aromatic carbocycles. The summed E-state index contributed by atoms with van der Waals surface area (Å²) in [5, 5.41) is 3.15. The Labute approximate surface area is 238 Å². The molecule has 3 heterocycles. The summed E-state index contributed by atoms with van der Waals surface area (Å²) in [7, 11) is 0. The topological polar surface area (TPSA) is 55.9 Å². The van der Waals surface area contributed by atoms with E-state index in [2.05, 4.69) is 63.6 Å². The van der Waals surface area contributed by atoms with Crippen LogP contribution in [0.25, 0.3) is 0 Å². The average Bonchev–Trinajstić information content (AvgIpc) is 3.41. The lowest BCUT2D eigenvalue weighted by Gasteiger charge is -2.32. The number of nitrogens with zero attached hydrogens (tertiary/aromatic N) is 3. The van der Waals surface area contributed by atoms with E-state index in [0.29, 0.717) is 25.2 Å². The van der Waals surface area contributed by atoms with E-state index in [1.54, 1.807) is 0 Å². The third kappa shape index (κ3) is 6.13. The summed E-state index contributed by atoms with van der Waals surface area (Å²) in [6, 6.07) is 27.1. The van der Waals surface area contributed by atoms with E-state index in [-0.39, 0.29) is 17.9 Å². The van der Waals surface area contributed by atoms with E-state index in [4.69, 9.17) is 0 Å². The number of anilines is 1. The van der Waals surface area contributed by atoms with Gasteiger partial charge in [0.1, 0.15) is 0 Å². The lowest BCUT2D eigenvalue weighted by Crippen LogP contribution is -2.40. The van der Waals surface area contributed by atoms with E-state index in [9.17, 15) is 9.59 Å². The molecule has 2 fully saturated rings. The third-order valence-electron chi connectivity index (χ3n) is 8.92. The maximum absolute atomic E-state index is 13.5. The van der Waals surface area contributed by atoms with Gasteiger partial charge in [0, 0.05) is 30.4 Å². The van der Waals surface area contributed by atoms with Gasteiger partial charge in [-0.25, -0.2) is 0 Å². The van der Waals surface area contributed by atoms with Crippen LogP contribution in [0.2, 0.25) is 0 Å². The second kappa shape index (κ2) is 12.4.